The lowest BCUT2D eigenvalue weighted by Crippen LogP contribution is -2.51. The van der Waals surface area contributed by atoms with Crippen molar-refractivity contribution in [1.82, 2.24) is 9.80 Å². The second-order valence-corrected chi connectivity index (χ2v) is 6.96. The predicted octanol–water partition coefficient (Wildman–Crippen LogP) is 3.62. The van der Waals surface area contributed by atoms with E-state index >= 15 is 0 Å². The van der Waals surface area contributed by atoms with Crippen LogP contribution in [0.3, 0.4) is 0 Å². The molecule has 0 aliphatic carbocycles. The van der Waals surface area contributed by atoms with Crippen LogP contribution in [0.2, 0.25) is 0 Å². The Morgan fingerprint density at radius 2 is 1.70 bits per heavy atom. The van der Waals surface area contributed by atoms with E-state index in [4.69, 9.17) is 4.74 Å². The summed E-state index contributed by atoms with van der Waals surface area (Å²) in [5, 5.41) is 0. The van der Waals surface area contributed by atoms with Crippen molar-refractivity contribution in [3.63, 3.8) is 0 Å². The van der Waals surface area contributed by atoms with Crippen LogP contribution in [0.25, 0.3) is 6.08 Å². The normalized spacial score (nSPS) is 16.4. The van der Waals surface area contributed by atoms with Gasteiger partial charge in [-0.25, -0.2) is 0 Å². The number of aryl methyl sites for hydroxylation is 1. The van der Waals surface area contributed by atoms with Gasteiger partial charge in [0.25, 0.3) is 5.91 Å². The topological polar surface area (TPSA) is 32.8 Å². The van der Waals surface area contributed by atoms with Crippen molar-refractivity contribution >= 4 is 12.0 Å². The van der Waals surface area contributed by atoms with Gasteiger partial charge in [0.05, 0.1) is 0 Å². The third-order valence-corrected chi connectivity index (χ3v) is 4.90. The summed E-state index contributed by atoms with van der Waals surface area (Å²) < 4.78 is 5.88. The maximum absolute atomic E-state index is 12.7. The van der Waals surface area contributed by atoms with Gasteiger partial charge in [0, 0.05) is 32.7 Å². The highest BCUT2D eigenvalue weighted by atomic mass is 16.5. The minimum atomic E-state index is -0.462. The summed E-state index contributed by atoms with van der Waals surface area (Å²) in [5.41, 5.74) is 2.26. The molecular formula is C23H28N2O2. The molecule has 0 N–H and O–H groups in total. The van der Waals surface area contributed by atoms with Crippen LogP contribution in [-0.4, -0.2) is 54.5 Å². The Bertz CT molecular complexity index is 765. The van der Waals surface area contributed by atoms with Gasteiger partial charge >= 0.3 is 0 Å². The Labute approximate surface area is 162 Å². The van der Waals surface area contributed by atoms with Crippen molar-refractivity contribution in [1.29, 1.82) is 0 Å². The molecule has 2 aromatic carbocycles. The molecule has 27 heavy (non-hydrogen) atoms. The third kappa shape index (κ3) is 5.44. The number of para-hydroxylation sites is 1. The lowest BCUT2D eigenvalue weighted by molar-refractivity contribution is -0.139. The highest BCUT2D eigenvalue weighted by Gasteiger charge is 2.25. The number of carbonyl (C=O) groups is 1. The van der Waals surface area contributed by atoms with Gasteiger partial charge in [-0.15, -0.1) is 0 Å². The number of amides is 1. The van der Waals surface area contributed by atoms with Crippen LogP contribution < -0.4 is 4.74 Å². The summed E-state index contributed by atoms with van der Waals surface area (Å²) in [6.45, 7) is 8.02. The molecule has 1 atom stereocenters. The van der Waals surface area contributed by atoms with E-state index in [1.165, 1.54) is 5.56 Å². The Balaban J connectivity index is 1.45. The molecule has 1 aliphatic heterocycles. The van der Waals surface area contributed by atoms with E-state index in [2.05, 4.69) is 29.2 Å². The second kappa shape index (κ2) is 9.38. The van der Waals surface area contributed by atoms with Crippen molar-refractivity contribution in [3.8, 4) is 5.75 Å². The fourth-order valence-corrected chi connectivity index (χ4v) is 3.24. The maximum atomic E-state index is 12.7. The predicted molar refractivity (Wildman–Crippen MR) is 110 cm³/mol. The summed E-state index contributed by atoms with van der Waals surface area (Å²) >= 11 is 0. The molecule has 2 aromatic rings. The van der Waals surface area contributed by atoms with Crippen molar-refractivity contribution in [2.24, 2.45) is 0 Å². The van der Waals surface area contributed by atoms with Gasteiger partial charge in [0.1, 0.15) is 5.75 Å². The lowest BCUT2D eigenvalue weighted by atomic mass is 10.2. The van der Waals surface area contributed by atoms with Crippen LogP contribution in [0, 0.1) is 6.92 Å². The first-order valence-electron chi connectivity index (χ1n) is 9.58. The summed E-state index contributed by atoms with van der Waals surface area (Å²) in [5.74, 6) is 0.848. The standard InChI is InChI=1S/C23H28N2O2/c1-19-9-6-7-13-22(19)27-20(2)23(26)25-17-15-24(16-18-25)14-8-12-21-10-4-3-5-11-21/h3-13,20H,14-18H2,1-2H3/b12-8+/t20-/m0/s1. The van der Waals surface area contributed by atoms with Gasteiger partial charge in [0.15, 0.2) is 6.10 Å². The van der Waals surface area contributed by atoms with Gasteiger partial charge in [-0.05, 0) is 31.0 Å². The van der Waals surface area contributed by atoms with Crippen LogP contribution in [0.4, 0.5) is 0 Å². The Morgan fingerprint density at radius 1 is 1.04 bits per heavy atom. The Morgan fingerprint density at radius 3 is 2.41 bits per heavy atom. The fraction of sp³-hybridized carbons (Fsp3) is 0.348. The lowest BCUT2D eigenvalue weighted by Gasteiger charge is -2.35. The van der Waals surface area contributed by atoms with Gasteiger partial charge in [-0.1, -0.05) is 60.7 Å². The van der Waals surface area contributed by atoms with E-state index in [1.807, 2.05) is 61.2 Å². The molecule has 1 fully saturated rings. The summed E-state index contributed by atoms with van der Waals surface area (Å²) in [7, 11) is 0. The van der Waals surface area contributed by atoms with Gasteiger partial charge < -0.3 is 9.64 Å². The maximum Gasteiger partial charge on any atom is 0.263 e. The van der Waals surface area contributed by atoms with Gasteiger partial charge in [-0.2, -0.15) is 0 Å². The number of benzene rings is 2. The summed E-state index contributed by atoms with van der Waals surface area (Å²) in [4.78, 5) is 17.0. The molecule has 1 amide bonds. The molecule has 1 heterocycles. The highest BCUT2D eigenvalue weighted by molar-refractivity contribution is 5.81. The summed E-state index contributed by atoms with van der Waals surface area (Å²) in [6, 6.07) is 18.1. The smallest absolute Gasteiger partial charge is 0.263 e. The van der Waals surface area contributed by atoms with Crippen LogP contribution in [0.15, 0.2) is 60.7 Å². The zero-order valence-electron chi connectivity index (χ0n) is 16.2. The van der Waals surface area contributed by atoms with Crippen LogP contribution in [0.1, 0.15) is 18.1 Å². The van der Waals surface area contributed by atoms with Gasteiger partial charge in [0.2, 0.25) is 0 Å². The molecular weight excluding hydrogens is 336 g/mol. The average molecular weight is 364 g/mol. The monoisotopic (exact) mass is 364 g/mol. The van der Waals surface area contributed by atoms with Crippen LogP contribution in [-0.2, 0) is 4.79 Å². The van der Waals surface area contributed by atoms with Crippen molar-refractivity contribution in [2.75, 3.05) is 32.7 Å². The number of carbonyl (C=O) groups excluding carboxylic acids is 1. The number of nitrogens with zero attached hydrogens (tertiary/aromatic N) is 2. The van der Waals surface area contributed by atoms with E-state index in [1.54, 1.807) is 0 Å². The minimum Gasteiger partial charge on any atom is -0.481 e. The molecule has 3 rings (SSSR count). The number of ether oxygens (including phenoxy) is 1. The Hall–Kier alpha value is -2.59. The SMILES string of the molecule is Cc1ccccc1O[C@@H](C)C(=O)N1CCN(C/C=C/c2ccccc2)CC1. The van der Waals surface area contributed by atoms with E-state index in [0.717, 1.165) is 44.0 Å². The van der Waals surface area contributed by atoms with Crippen LogP contribution >= 0.6 is 0 Å². The fourth-order valence-electron chi connectivity index (χ4n) is 3.24. The molecule has 0 spiro atoms. The third-order valence-electron chi connectivity index (χ3n) is 4.90. The first kappa shape index (κ1) is 19.2. The largest absolute Gasteiger partial charge is 0.481 e. The molecule has 1 aliphatic rings. The van der Waals surface area contributed by atoms with Crippen LogP contribution in [0.5, 0.6) is 5.75 Å². The first-order chi connectivity index (χ1) is 13.1. The highest BCUT2D eigenvalue weighted by Crippen LogP contribution is 2.18. The van der Waals surface area contributed by atoms with E-state index in [9.17, 15) is 4.79 Å². The zero-order valence-corrected chi connectivity index (χ0v) is 16.2. The van der Waals surface area contributed by atoms with E-state index < -0.39 is 6.10 Å². The molecule has 0 saturated carbocycles. The van der Waals surface area contributed by atoms with Crippen molar-refractivity contribution in [2.45, 2.75) is 20.0 Å². The zero-order chi connectivity index (χ0) is 19.1. The summed E-state index contributed by atoms with van der Waals surface area (Å²) in [6.07, 6.45) is 3.88. The van der Waals surface area contributed by atoms with Gasteiger partial charge in [-0.3, -0.25) is 9.69 Å². The first-order valence-corrected chi connectivity index (χ1v) is 9.58. The van der Waals surface area contributed by atoms with Crippen molar-refractivity contribution in [3.05, 3.63) is 71.8 Å². The molecule has 4 nitrogen and oxygen atoms in total. The number of hydrogen-bond acceptors (Lipinski definition) is 3. The molecule has 0 radical (unpaired) electrons. The van der Waals surface area contributed by atoms with E-state index in [-0.39, 0.29) is 5.91 Å². The van der Waals surface area contributed by atoms with E-state index in [0.29, 0.717) is 0 Å². The number of piperazine rings is 1. The minimum absolute atomic E-state index is 0.0673. The average Bonchev–Trinajstić information content (AvgIpc) is 2.70. The Kier molecular flexibility index (Phi) is 6.66. The molecule has 0 bridgehead atoms. The number of hydrogen-bond donors (Lipinski definition) is 0. The second-order valence-electron chi connectivity index (χ2n) is 6.96. The molecule has 0 aromatic heterocycles. The van der Waals surface area contributed by atoms with Crippen molar-refractivity contribution < 1.29 is 9.53 Å². The number of rotatable bonds is 6. The molecule has 142 valence electrons. The molecule has 0 unspecified atom stereocenters. The molecule has 4 heteroatoms. The molecule has 1 saturated heterocycles. The quantitative estimate of drug-likeness (QED) is 0.785.